The fourth-order valence-corrected chi connectivity index (χ4v) is 3.89. The topological polar surface area (TPSA) is 117 Å². The molecule has 1 aliphatic carbocycles. The fourth-order valence-electron chi connectivity index (χ4n) is 3.69. The van der Waals surface area contributed by atoms with Crippen molar-refractivity contribution in [1.82, 2.24) is 14.8 Å². The van der Waals surface area contributed by atoms with Crippen molar-refractivity contribution in [2.75, 3.05) is 12.3 Å². The Bertz CT molecular complexity index is 1250. The van der Waals surface area contributed by atoms with Crippen LogP contribution in [-0.4, -0.2) is 32.7 Å². The summed E-state index contributed by atoms with van der Waals surface area (Å²) in [5.74, 6) is 6.60. The van der Waals surface area contributed by atoms with E-state index in [2.05, 4.69) is 15.2 Å². The van der Waals surface area contributed by atoms with E-state index in [1.807, 2.05) is 0 Å². The van der Waals surface area contributed by atoms with Crippen LogP contribution >= 0.6 is 11.6 Å². The third kappa shape index (κ3) is 4.03. The minimum Gasteiger partial charge on any atom is -0.485 e. The summed E-state index contributed by atoms with van der Waals surface area (Å²) in [7, 11) is 0. The van der Waals surface area contributed by atoms with E-state index in [1.54, 1.807) is 29.1 Å². The average molecular weight is 454 g/mol. The zero-order valence-corrected chi connectivity index (χ0v) is 17.9. The molecule has 0 amide bonds. The Morgan fingerprint density at radius 1 is 1.25 bits per heavy atom. The Balaban J connectivity index is 1.69. The highest BCUT2D eigenvalue weighted by atomic mass is 35.5. The molecule has 1 saturated carbocycles. The lowest BCUT2D eigenvalue weighted by atomic mass is 10.0. The Morgan fingerprint density at radius 3 is 2.88 bits per heavy atom. The molecule has 2 aromatic heterocycles. The molecule has 32 heavy (non-hydrogen) atoms. The van der Waals surface area contributed by atoms with Crippen LogP contribution in [0.15, 0.2) is 46.6 Å². The average Bonchev–Trinajstić information content (AvgIpc) is 3.53. The first-order chi connectivity index (χ1) is 15.5. The maximum Gasteiger partial charge on any atom is 0.166 e. The number of benzene rings is 1. The van der Waals surface area contributed by atoms with Gasteiger partial charge in [0.25, 0.3) is 0 Å². The molecule has 8 nitrogen and oxygen atoms in total. The van der Waals surface area contributed by atoms with Gasteiger partial charge in [-0.2, -0.15) is 10.2 Å². The molecule has 0 radical (unpaired) electrons. The van der Waals surface area contributed by atoms with Gasteiger partial charge in [-0.05, 0) is 49.1 Å². The predicted octanol–water partition coefficient (Wildman–Crippen LogP) is 3.29. The lowest BCUT2D eigenvalue weighted by Crippen LogP contribution is -2.23. The summed E-state index contributed by atoms with van der Waals surface area (Å²) in [6.07, 6.45) is 4.27. The highest BCUT2D eigenvalue weighted by molar-refractivity contribution is 6.48. The Labute approximate surface area is 188 Å². The highest BCUT2D eigenvalue weighted by Gasteiger charge is 2.24. The summed E-state index contributed by atoms with van der Waals surface area (Å²) in [5.41, 5.74) is 9.85. The van der Waals surface area contributed by atoms with E-state index in [4.69, 9.17) is 32.9 Å². The van der Waals surface area contributed by atoms with Crippen molar-refractivity contribution in [3.63, 3.8) is 0 Å². The van der Waals surface area contributed by atoms with E-state index < -0.39 is 5.82 Å². The van der Waals surface area contributed by atoms with Crippen molar-refractivity contribution >= 4 is 28.8 Å². The van der Waals surface area contributed by atoms with E-state index >= 15 is 0 Å². The van der Waals surface area contributed by atoms with Gasteiger partial charge in [0.05, 0.1) is 22.8 Å². The van der Waals surface area contributed by atoms with Gasteiger partial charge in [0.15, 0.2) is 16.7 Å². The zero-order chi connectivity index (χ0) is 22.2. The SMILES string of the molecule is NN=C1Cc2cc(Cl)nn2-c2ccc(F)cc2COc2cc(cnc2N)C1=NCC1CC1. The number of nitrogens with zero attached hydrogens (tertiary/aromatic N) is 5. The van der Waals surface area contributed by atoms with Crippen molar-refractivity contribution in [3.05, 3.63) is 64.3 Å². The van der Waals surface area contributed by atoms with Crippen molar-refractivity contribution in [1.29, 1.82) is 0 Å². The number of hydrazone groups is 1. The lowest BCUT2D eigenvalue weighted by Gasteiger charge is -2.18. The molecule has 1 aliphatic heterocycles. The van der Waals surface area contributed by atoms with E-state index in [0.717, 1.165) is 18.5 Å². The quantitative estimate of drug-likeness (QED) is 0.456. The standard InChI is InChI=1S/C22H21ClFN7O/c23-20-8-16-7-17(29-26)21(27-9-12-1-2-12)13-6-19(22(25)28-10-13)32-11-14-5-15(24)3-4-18(14)31(16)30-20/h3-6,8,10,12H,1-2,7,9,11,26H2,(H2,25,28). The van der Waals surface area contributed by atoms with Gasteiger partial charge in [0.1, 0.15) is 12.4 Å². The molecule has 10 heteroatoms. The lowest BCUT2D eigenvalue weighted by molar-refractivity contribution is 0.305. The normalized spacial score (nSPS) is 18.4. The van der Waals surface area contributed by atoms with Crippen LogP contribution < -0.4 is 16.3 Å². The number of rotatable bonds is 2. The van der Waals surface area contributed by atoms with Crippen LogP contribution in [0.2, 0.25) is 5.15 Å². The second-order valence-electron chi connectivity index (χ2n) is 7.92. The second-order valence-corrected chi connectivity index (χ2v) is 8.31. The van der Waals surface area contributed by atoms with Crippen LogP contribution in [0.5, 0.6) is 5.75 Å². The minimum absolute atomic E-state index is 0.0612. The number of ether oxygens (including phenoxy) is 1. The predicted molar refractivity (Wildman–Crippen MR) is 121 cm³/mol. The van der Waals surface area contributed by atoms with Crippen molar-refractivity contribution in [3.8, 4) is 11.4 Å². The van der Waals surface area contributed by atoms with Crippen molar-refractivity contribution in [2.24, 2.45) is 21.9 Å². The number of nitrogen functional groups attached to an aromatic ring is 1. The first-order valence-corrected chi connectivity index (χ1v) is 10.6. The number of hydrogen-bond donors (Lipinski definition) is 2. The van der Waals surface area contributed by atoms with Crippen LogP contribution in [0.3, 0.4) is 0 Å². The van der Waals surface area contributed by atoms with Gasteiger partial charge in [-0.3, -0.25) is 4.99 Å². The number of anilines is 1. The van der Waals surface area contributed by atoms with Crippen LogP contribution in [0.4, 0.5) is 10.2 Å². The molecule has 164 valence electrons. The minimum atomic E-state index is -0.391. The molecule has 4 N–H and O–H groups in total. The largest absolute Gasteiger partial charge is 0.485 e. The summed E-state index contributed by atoms with van der Waals surface area (Å²) in [6, 6.07) is 7.89. The fraction of sp³-hybridized carbons (Fsp3) is 0.273. The van der Waals surface area contributed by atoms with E-state index in [0.29, 0.717) is 58.0 Å². The van der Waals surface area contributed by atoms with Crippen LogP contribution in [0.25, 0.3) is 5.69 Å². The number of aliphatic imine (C=N–C) groups is 1. The Morgan fingerprint density at radius 2 is 2.09 bits per heavy atom. The van der Waals surface area contributed by atoms with Crippen molar-refractivity contribution in [2.45, 2.75) is 25.9 Å². The summed E-state index contributed by atoms with van der Waals surface area (Å²) in [6.45, 7) is 0.739. The maximum atomic E-state index is 14.1. The molecule has 0 saturated heterocycles. The monoisotopic (exact) mass is 453 g/mol. The van der Waals surface area contributed by atoms with Gasteiger partial charge in [0, 0.05) is 30.3 Å². The molecule has 0 atom stereocenters. The molecule has 3 heterocycles. The number of nitrogens with two attached hydrogens (primary N) is 2. The molecular weight excluding hydrogens is 433 g/mol. The van der Waals surface area contributed by atoms with Gasteiger partial charge >= 0.3 is 0 Å². The molecule has 1 fully saturated rings. The number of fused-ring (bicyclic) bond motifs is 5. The van der Waals surface area contributed by atoms with E-state index in [9.17, 15) is 4.39 Å². The molecule has 5 rings (SSSR count). The molecule has 0 unspecified atom stereocenters. The number of halogens is 2. The summed E-state index contributed by atoms with van der Waals surface area (Å²) >= 11 is 6.25. The van der Waals surface area contributed by atoms with Crippen LogP contribution in [0, 0.1) is 11.7 Å². The first-order valence-electron chi connectivity index (χ1n) is 10.3. The summed E-state index contributed by atoms with van der Waals surface area (Å²) < 4.78 is 21.7. The molecular formula is C22H21ClFN7O. The highest BCUT2D eigenvalue weighted by Crippen LogP contribution is 2.30. The van der Waals surface area contributed by atoms with Gasteiger partial charge in [-0.25, -0.2) is 14.1 Å². The van der Waals surface area contributed by atoms with Crippen molar-refractivity contribution < 1.29 is 9.13 Å². The second kappa shape index (κ2) is 8.23. The first kappa shape index (κ1) is 20.4. The van der Waals surface area contributed by atoms with Crippen LogP contribution in [-0.2, 0) is 13.0 Å². The van der Waals surface area contributed by atoms with Crippen LogP contribution in [0.1, 0.15) is 29.7 Å². The Kier molecular flexibility index (Phi) is 5.26. The van der Waals surface area contributed by atoms with Gasteiger partial charge in [0.2, 0.25) is 0 Å². The summed E-state index contributed by atoms with van der Waals surface area (Å²) in [5, 5.41) is 8.75. The molecule has 2 bridgehead atoms. The van der Waals surface area contributed by atoms with E-state index in [1.165, 1.54) is 12.1 Å². The Hall–Kier alpha value is -3.46. The number of aromatic nitrogens is 3. The smallest absolute Gasteiger partial charge is 0.166 e. The molecule has 1 aromatic carbocycles. The molecule has 3 aromatic rings. The maximum absolute atomic E-state index is 14.1. The van der Waals surface area contributed by atoms with Gasteiger partial charge < -0.3 is 16.3 Å². The summed E-state index contributed by atoms with van der Waals surface area (Å²) in [4.78, 5) is 9.10. The number of pyridine rings is 1. The van der Waals surface area contributed by atoms with Gasteiger partial charge in [-0.1, -0.05) is 11.6 Å². The third-order valence-corrected chi connectivity index (χ3v) is 5.73. The molecule has 0 spiro atoms. The van der Waals surface area contributed by atoms with E-state index in [-0.39, 0.29) is 12.4 Å². The third-order valence-electron chi connectivity index (χ3n) is 5.54. The molecule has 2 aliphatic rings. The van der Waals surface area contributed by atoms with Gasteiger partial charge in [-0.15, -0.1) is 0 Å². The zero-order valence-electron chi connectivity index (χ0n) is 17.1. The number of hydrogen-bond acceptors (Lipinski definition) is 7.